The summed E-state index contributed by atoms with van der Waals surface area (Å²) in [5.74, 6) is 0.189. The molecule has 2 aromatic heterocycles. The zero-order valence-corrected chi connectivity index (χ0v) is 24.5. The van der Waals surface area contributed by atoms with E-state index in [1.807, 2.05) is 38.3 Å². The van der Waals surface area contributed by atoms with Crippen LogP contribution in [0.5, 0.6) is 0 Å². The SMILES string of the molecule is CCC(CCc1ccc(C(N)=O)cc1)Nc1nc(-c2nccc(N(OC(C)(C)C)C(=O)OC(C)(C)C)n2)cs1. The zero-order valence-electron chi connectivity index (χ0n) is 23.6. The number of anilines is 2. The molecule has 0 saturated heterocycles. The Hall–Kier alpha value is -3.57. The maximum Gasteiger partial charge on any atom is 0.440 e. The van der Waals surface area contributed by atoms with Crippen LogP contribution in [-0.2, 0) is 16.0 Å². The normalized spacial score (nSPS) is 12.6. The van der Waals surface area contributed by atoms with E-state index >= 15 is 0 Å². The summed E-state index contributed by atoms with van der Waals surface area (Å²) in [6.07, 6.45) is 3.55. The third-order valence-electron chi connectivity index (χ3n) is 5.35. The number of nitrogens with two attached hydrogens (primary N) is 1. The molecular formula is C28H38N6O4S. The van der Waals surface area contributed by atoms with Gasteiger partial charge in [0.15, 0.2) is 16.8 Å². The number of ether oxygens (including phenoxy) is 1. The first-order valence-electron chi connectivity index (χ1n) is 12.9. The van der Waals surface area contributed by atoms with Crippen molar-refractivity contribution < 1.29 is 19.2 Å². The van der Waals surface area contributed by atoms with E-state index in [9.17, 15) is 9.59 Å². The number of hydroxylamine groups is 1. The highest BCUT2D eigenvalue weighted by Crippen LogP contribution is 2.27. The Morgan fingerprint density at radius 3 is 2.33 bits per heavy atom. The van der Waals surface area contributed by atoms with Gasteiger partial charge in [0.05, 0.1) is 5.60 Å². The summed E-state index contributed by atoms with van der Waals surface area (Å²) in [5, 5.41) is 7.19. The average Bonchev–Trinajstić information content (AvgIpc) is 3.32. The van der Waals surface area contributed by atoms with Crippen molar-refractivity contribution in [2.24, 2.45) is 5.73 Å². The zero-order chi connectivity index (χ0) is 28.8. The number of rotatable bonds is 10. The smallest absolute Gasteiger partial charge is 0.440 e. The summed E-state index contributed by atoms with van der Waals surface area (Å²) in [5.41, 5.74) is 6.18. The first-order chi connectivity index (χ1) is 18.2. The molecule has 0 bridgehead atoms. The largest absolute Gasteiger partial charge is 0.442 e. The number of amides is 2. The van der Waals surface area contributed by atoms with Gasteiger partial charge in [-0.15, -0.1) is 16.4 Å². The number of aromatic nitrogens is 3. The molecule has 0 aliphatic carbocycles. The molecule has 3 rings (SSSR count). The summed E-state index contributed by atoms with van der Waals surface area (Å²) in [6.45, 7) is 13.0. The number of nitrogens with one attached hydrogen (secondary N) is 1. The minimum Gasteiger partial charge on any atom is -0.442 e. The predicted octanol–water partition coefficient (Wildman–Crippen LogP) is 5.99. The van der Waals surface area contributed by atoms with E-state index in [4.69, 9.17) is 15.3 Å². The van der Waals surface area contributed by atoms with Crippen molar-refractivity contribution in [3.8, 4) is 11.5 Å². The summed E-state index contributed by atoms with van der Waals surface area (Å²) in [4.78, 5) is 43.7. The quantitative estimate of drug-likeness (QED) is 0.292. The van der Waals surface area contributed by atoms with Crippen molar-refractivity contribution in [1.82, 2.24) is 15.0 Å². The average molecular weight is 555 g/mol. The second kappa shape index (κ2) is 12.5. The van der Waals surface area contributed by atoms with E-state index in [1.165, 1.54) is 11.3 Å². The second-order valence-corrected chi connectivity index (χ2v) is 12.0. The molecule has 3 aromatic rings. The van der Waals surface area contributed by atoms with Gasteiger partial charge in [-0.2, -0.15) is 0 Å². The first-order valence-corrected chi connectivity index (χ1v) is 13.8. The molecule has 0 spiro atoms. The van der Waals surface area contributed by atoms with Crippen LogP contribution in [0.4, 0.5) is 15.7 Å². The van der Waals surface area contributed by atoms with Crippen LogP contribution in [0.25, 0.3) is 11.5 Å². The Bertz CT molecular complexity index is 1260. The highest BCUT2D eigenvalue weighted by molar-refractivity contribution is 7.14. The lowest BCUT2D eigenvalue weighted by Crippen LogP contribution is -2.42. The number of aryl methyl sites for hydroxylation is 1. The van der Waals surface area contributed by atoms with E-state index in [1.54, 1.807) is 45.2 Å². The van der Waals surface area contributed by atoms with Gasteiger partial charge in [0.1, 0.15) is 11.3 Å². The molecule has 0 fully saturated rings. The number of carbonyl (C=O) groups is 2. The number of carbonyl (C=O) groups excluding carboxylic acids is 2. The molecule has 0 aliphatic rings. The molecule has 11 heteroatoms. The molecule has 1 atom stereocenters. The van der Waals surface area contributed by atoms with E-state index < -0.39 is 23.2 Å². The van der Waals surface area contributed by atoms with Gasteiger partial charge >= 0.3 is 6.09 Å². The lowest BCUT2D eigenvalue weighted by atomic mass is 10.0. The van der Waals surface area contributed by atoms with Gasteiger partial charge < -0.3 is 15.8 Å². The number of hydrogen-bond donors (Lipinski definition) is 2. The van der Waals surface area contributed by atoms with Gasteiger partial charge in [0, 0.05) is 29.2 Å². The van der Waals surface area contributed by atoms with Gasteiger partial charge in [-0.1, -0.05) is 19.1 Å². The summed E-state index contributed by atoms with van der Waals surface area (Å²) < 4.78 is 5.53. The maximum absolute atomic E-state index is 12.9. The van der Waals surface area contributed by atoms with Crippen LogP contribution in [0.15, 0.2) is 41.9 Å². The number of thiazole rings is 1. The Morgan fingerprint density at radius 1 is 1.05 bits per heavy atom. The van der Waals surface area contributed by atoms with Crippen LogP contribution in [0, 0.1) is 0 Å². The third kappa shape index (κ3) is 9.29. The van der Waals surface area contributed by atoms with Crippen molar-refractivity contribution in [1.29, 1.82) is 0 Å². The Labute approximate surface area is 233 Å². The van der Waals surface area contributed by atoms with Crippen molar-refractivity contribution in [2.45, 2.75) is 85.0 Å². The third-order valence-corrected chi connectivity index (χ3v) is 6.12. The fourth-order valence-electron chi connectivity index (χ4n) is 3.51. The molecule has 0 radical (unpaired) electrons. The molecule has 3 N–H and O–H groups in total. The molecule has 210 valence electrons. The topological polar surface area (TPSA) is 133 Å². The van der Waals surface area contributed by atoms with Crippen LogP contribution in [0.3, 0.4) is 0 Å². The standard InChI is InChI=1S/C28H38N6O4S/c1-8-20(14-11-18-9-12-19(13-10-18)23(29)35)31-25-32-21(17-39-25)24-30-16-15-22(33-24)34(38-28(5,6)7)26(36)37-27(2,3)4/h9-10,12-13,15-17,20H,8,11,14H2,1-7H3,(H2,29,35)(H,31,32). The first kappa shape index (κ1) is 30.0. The van der Waals surface area contributed by atoms with Crippen molar-refractivity contribution in [3.63, 3.8) is 0 Å². The number of primary amides is 1. The van der Waals surface area contributed by atoms with Crippen molar-refractivity contribution in [3.05, 3.63) is 53.0 Å². The van der Waals surface area contributed by atoms with Crippen LogP contribution in [0.1, 0.15) is 77.2 Å². The summed E-state index contributed by atoms with van der Waals surface area (Å²) in [7, 11) is 0. The number of benzene rings is 1. The molecule has 2 heterocycles. The second-order valence-electron chi connectivity index (χ2n) is 11.1. The number of hydrogen-bond acceptors (Lipinski definition) is 9. The Balaban J connectivity index is 1.72. The highest BCUT2D eigenvalue weighted by atomic mass is 32.1. The van der Waals surface area contributed by atoms with Crippen molar-refractivity contribution >= 4 is 34.3 Å². The van der Waals surface area contributed by atoms with Crippen molar-refractivity contribution in [2.75, 3.05) is 10.4 Å². The molecule has 0 saturated carbocycles. The Kier molecular flexibility index (Phi) is 9.63. The summed E-state index contributed by atoms with van der Waals surface area (Å²) in [6, 6.07) is 9.17. The molecule has 1 aromatic carbocycles. The molecule has 10 nitrogen and oxygen atoms in total. The van der Waals surface area contributed by atoms with Crippen LogP contribution in [-0.4, -0.2) is 44.2 Å². The molecule has 2 amide bonds. The van der Waals surface area contributed by atoms with Gasteiger partial charge in [-0.25, -0.2) is 19.7 Å². The van der Waals surface area contributed by atoms with Gasteiger partial charge in [-0.3, -0.25) is 9.63 Å². The fraction of sp³-hybridized carbons (Fsp3) is 0.464. The molecule has 0 aliphatic heterocycles. The van der Waals surface area contributed by atoms with E-state index in [0.717, 1.165) is 35.0 Å². The maximum atomic E-state index is 12.9. The van der Waals surface area contributed by atoms with Crippen LogP contribution >= 0.6 is 11.3 Å². The van der Waals surface area contributed by atoms with Gasteiger partial charge in [0.2, 0.25) is 5.91 Å². The monoisotopic (exact) mass is 554 g/mol. The van der Waals surface area contributed by atoms with E-state index in [-0.39, 0.29) is 11.9 Å². The van der Waals surface area contributed by atoms with Gasteiger partial charge in [0.25, 0.3) is 0 Å². The minimum atomic E-state index is -0.704. The summed E-state index contributed by atoms with van der Waals surface area (Å²) >= 11 is 1.46. The lowest BCUT2D eigenvalue weighted by molar-refractivity contribution is -0.0364. The highest BCUT2D eigenvalue weighted by Gasteiger charge is 2.30. The van der Waals surface area contributed by atoms with E-state index in [0.29, 0.717) is 17.1 Å². The minimum absolute atomic E-state index is 0.204. The lowest BCUT2D eigenvalue weighted by Gasteiger charge is -2.30. The van der Waals surface area contributed by atoms with E-state index in [2.05, 4.69) is 27.2 Å². The van der Waals surface area contributed by atoms with Crippen LogP contribution in [0.2, 0.25) is 0 Å². The van der Waals surface area contributed by atoms with Crippen LogP contribution < -0.4 is 16.1 Å². The Morgan fingerprint density at radius 2 is 1.74 bits per heavy atom. The fourth-order valence-corrected chi connectivity index (χ4v) is 4.28. The molecule has 39 heavy (non-hydrogen) atoms. The van der Waals surface area contributed by atoms with Gasteiger partial charge in [-0.05, 0) is 78.5 Å². The predicted molar refractivity (Wildman–Crippen MR) is 154 cm³/mol. The molecule has 1 unspecified atom stereocenters. The molecular weight excluding hydrogens is 516 g/mol. The number of nitrogens with zero attached hydrogens (tertiary/aromatic N) is 4.